The molecule has 0 radical (unpaired) electrons. The third-order valence-electron chi connectivity index (χ3n) is 4.19. The number of Topliss-reactive ketones (excluding diaryl/α,β-unsaturated/α-hetero) is 1. The molecule has 0 amide bonds. The molecule has 0 spiro atoms. The van der Waals surface area contributed by atoms with Crippen molar-refractivity contribution in [2.24, 2.45) is 0 Å². The lowest BCUT2D eigenvalue weighted by Gasteiger charge is -2.08. The Balaban J connectivity index is 1.69. The molecule has 0 unspecified atom stereocenters. The highest BCUT2D eigenvalue weighted by Gasteiger charge is 2.16. The van der Waals surface area contributed by atoms with E-state index in [2.05, 4.69) is 10.2 Å². The number of aryl methyl sites for hydroxylation is 1. The number of aromatic nitrogens is 3. The van der Waals surface area contributed by atoms with Crippen LogP contribution in [-0.4, -0.2) is 26.1 Å². The molecule has 0 saturated heterocycles. The minimum absolute atomic E-state index is 0.0992. The van der Waals surface area contributed by atoms with Crippen LogP contribution in [0.4, 0.5) is 0 Å². The number of hydrogen-bond donors (Lipinski definition) is 0. The molecule has 8 heteroatoms. The zero-order valence-electron chi connectivity index (χ0n) is 14.0. The fourth-order valence-corrected chi connectivity index (χ4v) is 4.43. The number of pyridine rings is 1. The molecule has 2 aromatic heterocycles. The summed E-state index contributed by atoms with van der Waals surface area (Å²) >= 11 is 19.5. The molecule has 2 aromatic carbocycles. The monoisotopic (exact) mass is 435 g/mol. The number of thioether (sulfide) groups is 1. The Morgan fingerprint density at radius 3 is 2.56 bits per heavy atom. The second-order valence-corrected chi connectivity index (χ2v) is 8.22. The first-order chi connectivity index (χ1) is 12.9. The summed E-state index contributed by atoms with van der Waals surface area (Å²) in [4.78, 5) is 12.5. The van der Waals surface area contributed by atoms with Crippen LogP contribution in [0.3, 0.4) is 0 Å². The van der Waals surface area contributed by atoms with Gasteiger partial charge in [-0.2, -0.15) is 0 Å². The third kappa shape index (κ3) is 3.52. The van der Waals surface area contributed by atoms with E-state index in [4.69, 9.17) is 34.8 Å². The zero-order chi connectivity index (χ0) is 19.1. The molecular weight excluding hydrogens is 425 g/mol. The van der Waals surface area contributed by atoms with Gasteiger partial charge >= 0.3 is 0 Å². The van der Waals surface area contributed by atoms with E-state index in [0.717, 1.165) is 22.1 Å². The van der Waals surface area contributed by atoms with Crippen LogP contribution in [0.2, 0.25) is 15.1 Å². The predicted molar refractivity (Wildman–Crippen MR) is 112 cm³/mol. The van der Waals surface area contributed by atoms with E-state index >= 15 is 0 Å². The maximum absolute atomic E-state index is 12.5. The Bertz CT molecular complexity index is 1210. The smallest absolute Gasteiger partial charge is 0.196 e. The topological polar surface area (TPSA) is 47.3 Å². The highest BCUT2D eigenvalue weighted by molar-refractivity contribution is 7.99. The summed E-state index contributed by atoms with van der Waals surface area (Å²) in [6.45, 7) is 2.01. The van der Waals surface area contributed by atoms with Gasteiger partial charge in [-0.05, 0) is 55.0 Å². The van der Waals surface area contributed by atoms with Crippen molar-refractivity contribution in [2.45, 2.75) is 12.1 Å². The number of nitrogens with zero attached hydrogens (tertiary/aromatic N) is 3. The number of rotatable bonds is 4. The molecule has 0 aliphatic carbocycles. The van der Waals surface area contributed by atoms with Gasteiger partial charge in [-0.15, -0.1) is 10.2 Å². The van der Waals surface area contributed by atoms with E-state index < -0.39 is 0 Å². The molecule has 136 valence electrons. The predicted octanol–water partition coefficient (Wildman–Crippen LogP) is 6.13. The molecule has 0 N–H and O–H groups in total. The van der Waals surface area contributed by atoms with Crippen LogP contribution in [0.25, 0.3) is 16.6 Å². The molecule has 0 saturated carbocycles. The molecule has 0 aliphatic rings. The maximum atomic E-state index is 12.5. The maximum Gasteiger partial charge on any atom is 0.196 e. The first-order valence-electron chi connectivity index (χ1n) is 7.99. The number of halogens is 3. The van der Waals surface area contributed by atoms with Gasteiger partial charge in [-0.1, -0.05) is 46.6 Å². The lowest BCUT2D eigenvalue weighted by Crippen LogP contribution is -2.04. The van der Waals surface area contributed by atoms with E-state index in [9.17, 15) is 4.79 Å². The van der Waals surface area contributed by atoms with E-state index in [1.807, 2.05) is 35.6 Å². The van der Waals surface area contributed by atoms with Crippen molar-refractivity contribution in [3.05, 3.63) is 68.7 Å². The largest absolute Gasteiger partial charge is 0.293 e. The van der Waals surface area contributed by atoms with Crippen molar-refractivity contribution in [3.8, 4) is 0 Å². The van der Waals surface area contributed by atoms with Crippen molar-refractivity contribution < 1.29 is 4.79 Å². The number of benzene rings is 2. The summed E-state index contributed by atoms with van der Waals surface area (Å²) < 4.78 is 1.93. The second kappa shape index (κ2) is 7.32. The third-order valence-corrected chi connectivity index (χ3v) is 5.90. The van der Waals surface area contributed by atoms with Crippen molar-refractivity contribution in [1.82, 2.24) is 14.6 Å². The van der Waals surface area contributed by atoms with Gasteiger partial charge in [0.15, 0.2) is 16.6 Å². The minimum atomic E-state index is -0.0992. The number of carbonyl (C=O) groups excluding carboxylic acids is 1. The molecule has 4 aromatic rings. The standard InChI is InChI=1S/C19H12Cl3N3OS/c1-10-6-18-23-24-19(25(18)16-5-3-11(20)7-14(10)16)27-9-17(26)13-4-2-12(21)8-15(13)22/h2-8H,9H2,1H3. The van der Waals surface area contributed by atoms with Crippen molar-refractivity contribution in [1.29, 1.82) is 0 Å². The Labute approximate surface area is 174 Å². The summed E-state index contributed by atoms with van der Waals surface area (Å²) in [6.07, 6.45) is 0. The highest BCUT2D eigenvalue weighted by atomic mass is 35.5. The average Bonchev–Trinajstić information content (AvgIpc) is 3.02. The first kappa shape index (κ1) is 18.6. The summed E-state index contributed by atoms with van der Waals surface area (Å²) in [5.41, 5.74) is 3.17. The van der Waals surface area contributed by atoms with Gasteiger partial charge in [0.05, 0.1) is 16.3 Å². The molecule has 0 fully saturated rings. The van der Waals surface area contributed by atoms with Crippen LogP contribution < -0.4 is 0 Å². The Morgan fingerprint density at radius 1 is 1.04 bits per heavy atom. The zero-order valence-corrected chi connectivity index (χ0v) is 17.1. The van der Waals surface area contributed by atoms with Gasteiger partial charge in [0.1, 0.15) is 0 Å². The van der Waals surface area contributed by atoms with Crippen molar-refractivity contribution >= 4 is 68.9 Å². The fraction of sp³-hybridized carbons (Fsp3) is 0.105. The Hall–Kier alpha value is -1.79. The van der Waals surface area contributed by atoms with Gasteiger partial charge in [0, 0.05) is 21.0 Å². The number of carbonyl (C=O) groups is 1. The number of fused-ring (bicyclic) bond motifs is 3. The molecule has 4 nitrogen and oxygen atoms in total. The Kier molecular flexibility index (Phi) is 5.03. The average molecular weight is 437 g/mol. The molecular formula is C19H12Cl3N3OS. The second-order valence-electron chi connectivity index (χ2n) is 6.00. The highest BCUT2D eigenvalue weighted by Crippen LogP contribution is 2.29. The van der Waals surface area contributed by atoms with Crippen LogP contribution in [-0.2, 0) is 0 Å². The van der Waals surface area contributed by atoms with Gasteiger partial charge in [-0.3, -0.25) is 9.20 Å². The summed E-state index contributed by atoms with van der Waals surface area (Å²) in [5, 5.41) is 11.6. The molecule has 0 bridgehead atoms. The van der Waals surface area contributed by atoms with Crippen LogP contribution in [0.5, 0.6) is 0 Å². The van der Waals surface area contributed by atoms with E-state index in [1.54, 1.807) is 18.2 Å². The van der Waals surface area contributed by atoms with E-state index in [1.165, 1.54) is 11.8 Å². The lowest BCUT2D eigenvalue weighted by molar-refractivity contribution is 0.102. The lowest BCUT2D eigenvalue weighted by atomic mass is 10.1. The van der Waals surface area contributed by atoms with Gasteiger partial charge in [-0.25, -0.2) is 0 Å². The summed E-state index contributed by atoms with van der Waals surface area (Å²) in [6, 6.07) is 12.5. The van der Waals surface area contributed by atoms with E-state index in [-0.39, 0.29) is 11.5 Å². The summed E-state index contributed by atoms with van der Waals surface area (Å²) in [7, 11) is 0. The SMILES string of the molecule is Cc1cc2nnc(SCC(=O)c3ccc(Cl)cc3Cl)n2c2ccc(Cl)cc12. The van der Waals surface area contributed by atoms with E-state index in [0.29, 0.717) is 25.8 Å². The van der Waals surface area contributed by atoms with Crippen LogP contribution >= 0.6 is 46.6 Å². The van der Waals surface area contributed by atoms with Gasteiger partial charge < -0.3 is 0 Å². The molecule has 4 rings (SSSR count). The first-order valence-corrected chi connectivity index (χ1v) is 10.1. The van der Waals surface area contributed by atoms with Crippen LogP contribution in [0.1, 0.15) is 15.9 Å². The fourth-order valence-electron chi connectivity index (χ4n) is 2.91. The Morgan fingerprint density at radius 2 is 1.78 bits per heavy atom. The molecule has 0 aliphatic heterocycles. The minimum Gasteiger partial charge on any atom is -0.293 e. The van der Waals surface area contributed by atoms with Crippen LogP contribution in [0, 0.1) is 6.92 Å². The molecule has 2 heterocycles. The molecule has 0 atom stereocenters. The normalized spacial score (nSPS) is 11.4. The van der Waals surface area contributed by atoms with Crippen LogP contribution in [0.15, 0.2) is 47.6 Å². The summed E-state index contributed by atoms with van der Waals surface area (Å²) in [5.74, 6) is 0.0864. The van der Waals surface area contributed by atoms with Gasteiger partial charge in [0.2, 0.25) is 0 Å². The number of ketones is 1. The number of hydrogen-bond acceptors (Lipinski definition) is 4. The van der Waals surface area contributed by atoms with Gasteiger partial charge in [0.25, 0.3) is 0 Å². The molecule has 27 heavy (non-hydrogen) atoms. The van der Waals surface area contributed by atoms with Crippen molar-refractivity contribution in [2.75, 3.05) is 5.75 Å². The quantitative estimate of drug-likeness (QED) is 0.285. The van der Waals surface area contributed by atoms with Crippen molar-refractivity contribution in [3.63, 3.8) is 0 Å².